The Morgan fingerprint density at radius 3 is 2.58 bits per heavy atom. The normalized spacial score (nSPS) is 20.7. The number of carbonyl (C=O) groups excluding carboxylic acids is 1. The van der Waals surface area contributed by atoms with Crippen LogP contribution in [0.5, 0.6) is 0 Å². The zero-order valence-electron chi connectivity index (χ0n) is 10.6. The second-order valence-electron chi connectivity index (χ2n) is 4.43. The Bertz CT molecular complexity index is 611. The molecule has 1 aliphatic heterocycles. The maximum atomic E-state index is 11.8. The number of carbonyl (C=O) groups is 1. The Morgan fingerprint density at radius 1 is 1.21 bits per heavy atom. The van der Waals surface area contributed by atoms with Crippen LogP contribution in [-0.2, 0) is 9.53 Å². The van der Waals surface area contributed by atoms with Gasteiger partial charge in [-0.3, -0.25) is 0 Å². The molecule has 2 nitrogen and oxygen atoms in total. The van der Waals surface area contributed by atoms with E-state index in [0.29, 0.717) is 0 Å². The molecule has 1 aliphatic rings. The summed E-state index contributed by atoms with van der Waals surface area (Å²) in [6.07, 6.45) is 0.757. The Kier molecular flexibility index (Phi) is 3.22. The van der Waals surface area contributed by atoms with E-state index in [9.17, 15) is 4.79 Å². The van der Waals surface area contributed by atoms with E-state index < -0.39 is 0 Å². The Labute approximate surface area is 116 Å². The van der Waals surface area contributed by atoms with E-state index in [1.807, 2.05) is 48.7 Å². The first kappa shape index (κ1) is 12.2. The third kappa shape index (κ3) is 2.10. The van der Waals surface area contributed by atoms with Gasteiger partial charge in [0.2, 0.25) is 0 Å². The van der Waals surface area contributed by atoms with Crippen LogP contribution in [0.1, 0.15) is 23.8 Å². The van der Waals surface area contributed by atoms with E-state index >= 15 is 0 Å². The van der Waals surface area contributed by atoms with E-state index in [2.05, 4.69) is 6.07 Å². The van der Waals surface area contributed by atoms with Crippen molar-refractivity contribution in [2.45, 2.75) is 19.4 Å². The van der Waals surface area contributed by atoms with Gasteiger partial charge >= 0.3 is 5.97 Å². The third-order valence-electron chi connectivity index (χ3n) is 3.26. The summed E-state index contributed by atoms with van der Waals surface area (Å²) in [5, 5.41) is 2.03. The zero-order chi connectivity index (χ0) is 13.2. The van der Waals surface area contributed by atoms with Gasteiger partial charge in [0.05, 0.1) is 5.57 Å². The molecule has 3 heteroatoms. The molecule has 1 aromatic heterocycles. The summed E-state index contributed by atoms with van der Waals surface area (Å²) in [7, 11) is 0. The second-order valence-corrected chi connectivity index (χ2v) is 5.38. The van der Waals surface area contributed by atoms with Crippen LogP contribution >= 0.6 is 11.3 Å². The quantitative estimate of drug-likeness (QED) is 0.625. The summed E-state index contributed by atoms with van der Waals surface area (Å²) in [5.74, 6) is -0.181. The minimum Gasteiger partial charge on any atom is -0.454 e. The van der Waals surface area contributed by atoms with Crippen molar-refractivity contribution in [3.63, 3.8) is 0 Å². The van der Waals surface area contributed by atoms with Crippen molar-refractivity contribution in [1.29, 1.82) is 0 Å². The number of thiophene rings is 1. The van der Waals surface area contributed by atoms with Crippen LogP contribution in [0, 0.1) is 0 Å². The molecule has 3 rings (SSSR count). The number of hydrogen-bond donors (Lipinski definition) is 0. The molecule has 0 spiro atoms. The van der Waals surface area contributed by atoms with Crippen molar-refractivity contribution in [3.05, 3.63) is 63.9 Å². The third-order valence-corrected chi connectivity index (χ3v) is 4.15. The Morgan fingerprint density at radius 2 is 2.00 bits per heavy atom. The average Bonchev–Trinajstić information content (AvgIpc) is 2.96. The highest BCUT2D eigenvalue weighted by Gasteiger charge is 2.38. The summed E-state index contributed by atoms with van der Waals surface area (Å²) in [6.45, 7) is 2.04. The lowest BCUT2D eigenvalue weighted by Crippen LogP contribution is -2.37. The van der Waals surface area contributed by atoms with Crippen LogP contribution in [0.2, 0.25) is 0 Å². The van der Waals surface area contributed by atoms with E-state index in [1.165, 1.54) is 0 Å². The highest BCUT2D eigenvalue weighted by molar-refractivity contribution is 7.11. The molecule has 96 valence electrons. The standard InChI is InChI=1S/C16H14O2S/c1-2-12-15(16(17)18-12)14(13-9-6-10-19-13)11-7-4-3-5-8-11/h3-10,12H,2H2,1H3/b15-14-/t12-/m0/s1. The van der Waals surface area contributed by atoms with E-state index in [1.54, 1.807) is 11.3 Å². The van der Waals surface area contributed by atoms with Crippen LogP contribution in [0.3, 0.4) is 0 Å². The second kappa shape index (κ2) is 5.02. The number of rotatable bonds is 3. The molecule has 0 saturated carbocycles. The van der Waals surface area contributed by atoms with Gasteiger partial charge in [0.1, 0.15) is 6.10 Å². The molecule has 2 aromatic rings. The largest absolute Gasteiger partial charge is 0.454 e. The Balaban J connectivity index is 2.18. The predicted molar refractivity (Wildman–Crippen MR) is 77.0 cm³/mol. The summed E-state index contributed by atoms with van der Waals surface area (Å²) in [5.41, 5.74) is 2.92. The lowest BCUT2D eigenvalue weighted by atomic mass is 9.91. The van der Waals surface area contributed by atoms with Crippen molar-refractivity contribution < 1.29 is 9.53 Å². The van der Waals surface area contributed by atoms with Gasteiger partial charge < -0.3 is 4.74 Å². The van der Waals surface area contributed by atoms with Gasteiger partial charge in [-0.1, -0.05) is 43.3 Å². The molecular formula is C16H14O2S. The molecule has 0 radical (unpaired) electrons. The average molecular weight is 270 g/mol. The van der Waals surface area contributed by atoms with Gasteiger partial charge in [-0.15, -0.1) is 11.3 Å². The fourth-order valence-electron chi connectivity index (χ4n) is 2.33. The molecule has 0 N–H and O–H groups in total. The summed E-state index contributed by atoms with van der Waals surface area (Å²) in [4.78, 5) is 13.0. The van der Waals surface area contributed by atoms with Crippen LogP contribution in [-0.4, -0.2) is 12.1 Å². The van der Waals surface area contributed by atoms with Crippen molar-refractivity contribution in [1.82, 2.24) is 0 Å². The summed E-state index contributed by atoms with van der Waals surface area (Å²) < 4.78 is 5.21. The zero-order valence-corrected chi connectivity index (χ0v) is 11.4. The molecule has 1 atom stereocenters. The molecule has 2 heterocycles. The number of cyclic esters (lactones) is 1. The van der Waals surface area contributed by atoms with E-state index in [0.717, 1.165) is 28.0 Å². The molecule has 0 amide bonds. The maximum absolute atomic E-state index is 11.8. The molecule has 0 bridgehead atoms. The minimum absolute atomic E-state index is 0.0650. The molecular weight excluding hydrogens is 256 g/mol. The topological polar surface area (TPSA) is 26.3 Å². The molecule has 0 unspecified atom stereocenters. The van der Waals surface area contributed by atoms with Crippen molar-refractivity contribution >= 4 is 22.9 Å². The maximum Gasteiger partial charge on any atom is 0.339 e. The van der Waals surface area contributed by atoms with E-state index in [-0.39, 0.29) is 12.1 Å². The molecule has 1 saturated heterocycles. The van der Waals surface area contributed by atoms with Crippen LogP contribution in [0.25, 0.3) is 5.57 Å². The van der Waals surface area contributed by atoms with Gasteiger partial charge in [0, 0.05) is 10.5 Å². The first-order valence-corrected chi connectivity index (χ1v) is 7.23. The lowest BCUT2D eigenvalue weighted by molar-refractivity contribution is -0.155. The van der Waals surface area contributed by atoms with Crippen LogP contribution in [0.4, 0.5) is 0 Å². The molecule has 1 fully saturated rings. The van der Waals surface area contributed by atoms with Gasteiger partial charge in [-0.25, -0.2) is 4.79 Å². The Hall–Kier alpha value is -1.87. The number of hydrogen-bond acceptors (Lipinski definition) is 3. The van der Waals surface area contributed by atoms with Crippen molar-refractivity contribution in [2.24, 2.45) is 0 Å². The SMILES string of the molecule is CC[C@@H]1OC(=O)/C1=C(/c1ccccc1)c1cccs1. The summed E-state index contributed by atoms with van der Waals surface area (Å²) in [6, 6.07) is 14.1. The van der Waals surface area contributed by atoms with Gasteiger partial charge in [-0.2, -0.15) is 0 Å². The smallest absolute Gasteiger partial charge is 0.339 e. The monoisotopic (exact) mass is 270 g/mol. The molecule has 19 heavy (non-hydrogen) atoms. The predicted octanol–water partition coefficient (Wildman–Crippen LogP) is 3.89. The minimum atomic E-state index is -0.181. The first-order valence-electron chi connectivity index (χ1n) is 6.35. The number of esters is 1. The number of ether oxygens (including phenoxy) is 1. The van der Waals surface area contributed by atoms with Crippen LogP contribution in [0.15, 0.2) is 53.4 Å². The van der Waals surface area contributed by atoms with Crippen molar-refractivity contribution in [3.8, 4) is 0 Å². The number of benzene rings is 1. The highest BCUT2D eigenvalue weighted by Crippen LogP contribution is 2.37. The first-order chi connectivity index (χ1) is 9.31. The summed E-state index contributed by atoms with van der Waals surface area (Å²) >= 11 is 1.65. The molecule has 1 aromatic carbocycles. The van der Waals surface area contributed by atoms with E-state index in [4.69, 9.17) is 4.74 Å². The fourth-order valence-corrected chi connectivity index (χ4v) is 3.14. The van der Waals surface area contributed by atoms with Crippen LogP contribution < -0.4 is 0 Å². The van der Waals surface area contributed by atoms with Crippen molar-refractivity contribution in [2.75, 3.05) is 0 Å². The van der Waals surface area contributed by atoms with Gasteiger partial charge in [0.15, 0.2) is 0 Å². The fraction of sp³-hybridized carbons (Fsp3) is 0.188. The molecule has 0 aliphatic carbocycles. The lowest BCUT2D eigenvalue weighted by Gasteiger charge is -2.30. The van der Waals surface area contributed by atoms with Gasteiger partial charge in [0.25, 0.3) is 0 Å². The van der Waals surface area contributed by atoms with Gasteiger partial charge in [-0.05, 0) is 23.4 Å². The highest BCUT2D eigenvalue weighted by atomic mass is 32.1.